The number of hydrogen-bond acceptors (Lipinski definition) is 4. The first-order chi connectivity index (χ1) is 14.9. The normalized spacial score (nSPS) is 22.6. The Bertz CT molecular complexity index is 986. The molecule has 2 amide bonds. The molecule has 4 rings (SSSR count). The van der Waals surface area contributed by atoms with Crippen molar-refractivity contribution in [1.82, 2.24) is 10.2 Å². The van der Waals surface area contributed by atoms with Gasteiger partial charge in [0.25, 0.3) is 5.91 Å². The van der Waals surface area contributed by atoms with Crippen LogP contribution in [0.15, 0.2) is 54.6 Å². The van der Waals surface area contributed by atoms with E-state index in [2.05, 4.69) is 5.32 Å². The molecule has 2 aromatic rings. The second kappa shape index (κ2) is 8.17. The number of carbonyl (C=O) groups excluding carboxylic acids is 3. The number of amides is 2. The van der Waals surface area contributed by atoms with Crippen molar-refractivity contribution in [3.63, 3.8) is 0 Å². The lowest BCUT2D eigenvalue weighted by Crippen LogP contribution is -2.56. The summed E-state index contributed by atoms with van der Waals surface area (Å²) in [6, 6.07) is 16.6. The number of piperidine rings is 1. The highest BCUT2D eigenvalue weighted by atomic mass is 16.5. The Balaban J connectivity index is 1.49. The Hall–Kier alpha value is -3.15. The molecule has 3 atom stereocenters. The van der Waals surface area contributed by atoms with Gasteiger partial charge in [0.05, 0.1) is 7.11 Å². The van der Waals surface area contributed by atoms with Gasteiger partial charge in [0.1, 0.15) is 11.6 Å². The SMILES string of the molecule is COC(=O)C12CC1CCN2C(=O)[C@@H](NC(=O)c1ccc(-c2ccccc2)cc1)C(C)C. The molecule has 0 bridgehead atoms. The van der Waals surface area contributed by atoms with Crippen molar-refractivity contribution in [2.24, 2.45) is 11.8 Å². The van der Waals surface area contributed by atoms with E-state index < -0.39 is 11.6 Å². The number of benzene rings is 2. The van der Waals surface area contributed by atoms with Crippen LogP contribution in [0.3, 0.4) is 0 Å². The fourth-order valence-electron chi connectivity index (χ4n) is 4.67. The van der Waals surface area contributed by atoms with Crippen LogP contribution in [0.4, 0.5) is 0 Å². The van der Waals surface area contributed by atoms with Gasteiger partial charge in [-0.05, 0) is 47.9 Å². The molecule has 0 spiro atoms. The molecule has 6 nitrogen and oxygen atoms in total. The third-order valence-electron chi connectivity index (χ3n) is 6.53. The minimum atomic E-state index is -0.832. The lowest BCUT2D eigenvalue weighted by Gasteiger charge is -2.32. The lowest BCUT2D eigenvalue weighted by molar-refractivity contribution is -0.155. The second-order valence-electron chi connectivity index (χ2n) is 8.73. The molecule has 6 heteroatoms. The smallest absolute Gasteiger partial charge is 0.332 e. The minimum Gasteiger partial charge on any atom is -0.467 e. The highest BCUT2D eigenvalue weighted by Gasteiger charge is 2.69. The number of fused-ring (bicyclic) bond motifs is 1. The van der Waals surface area contributed by atoms with Crippen LogP contribution in [0.25, 0.3) is 11.1 Å². The third kappa shape index (κ3) is 3.71. The van der Waals surface area contributed by atoms with Crippen LogP contribution < -0.4 is 5.32 Å². The molecule has 1 saturated carbocycles. The second-order valence-corrected chi connectivity index (χ2v) is 8.73. The minimum absolute atomic E-state index is 0.118. The van der Waals surface area contributed by atoms with E-state index in [4.69, 9.17) is 4.74 Å². The van der Waals surface area contributed by atoms with Crippen molar-refractivity contribution in [3.8, 4) is 11.1 Å². The van der Waals surface area contributed by atoms with Gasteiger partial charge in [-0.1, -0.05) is 56.3 Å². The summed E-state index contributed by atoms with van der Waals surface area (Å²) in [6.07, 6.45) is 1.44. The van der Waals surface area contributed by atoms with Gasteiger partial charge in [-0.3, -0.25) is 9.59 Å². The number of rotatable bonds is 6. The molecule has 2 fully saturated rings. The third-order valence-corrected chi connectivity index (χ3v) is 6.53. The Morgan fingerprint density at radius 3 is 2.26 bits per heavy atom. The molecule has 1 heterocycles. The Morgan fingerprint density at radius 1 is 1.03 bits per heavy atom. The van der Waals surface area contributed by atoms with Crippen LogP contribution in [0, 0.1) is 11.8 Å². The van der Waals surface area contributed by atoms with E-state index >= 15 is 0 Å². The van der Waals surface area contributed by atoms with Gasteiger partial charge in [0.15, 0.2) is 0 Å². The topological polar surface area (TPSA) is 75.7 Å². The molecule has 0 radical (unpaired) electrons. The molecular formula is C25H28N2O4. The zero-order valence-electron chi connectivity index (χ0n) is 18.1. The summed E-state index contributed by atoms with van der Waals surface area (Å²) in [5.74, 6) is -0.820. The number of carbonyl (C=O) groups is 3. The van der Waals surface area contributed by atoms with Gasteiger partial charge in [-0.15, -0.1) is 0 Å². The van der Waals surface area contributed by atoms with Crippen LogP contribution in [0.2, 0.25) is 0 Å². The summed E-state index contributed by atoms with van der Waals surface area (Å²) in [6.45, 7) is 4.31. The van der Waals surface area contributed by atoms with E-state index in [1.165, 1.54) is 7.11 Å². The average Bonchev–Trinajstić information content (AvgIpc) is 3.41. The highest BCUT2D eigenvalue weighted by molar-refractivity contribution is 6.00. The number of nitrogens with one attached hydrogen (secondary N) is 1. The number of likely N-dealkylation sites (tertiary alicyclic amines) is 1. The maximum Gasteiger partial charge on any atom is 0.332 e. The van der Waals surface area contributed by atoms with Gasteiger partial charge in [0, 0.05) is 12.1 Å². The standard InChI is InChI=1S/C25H28N2O4/c1-16(2)21(23(29)27-14-13-20-15-25(20,27)24(30)31-3)26-22(28)19-11-9-18(10-12-19)17-7-5-4-6-8-17/h4-12,16,20-21H,13-15H2,1-3H3,(H,26,28)/t20?,21-,25?/m0/s1. The predicted molar refractivity (Wildman–Crippen MR) is 117 cm³/mol. The molecule has 0 aromatic heterocycles. The van der Waals surface area contributed by atoms with E-state index in [0.29, 0.717) is 18.5 Å². The van der Waals surface area contributed by atoms with E-state index in [0.717, 1.165) is 17.5 Å². The molecule has 1 saturated heterocycles. The predicted octanol–water partition coefficient (Wildman–Crippen LogP) is 3.27. The molecule has 2 aliphatic rings. The van der Waals surface area contributed by atoms with E-state index in [1.807, 2.05) is 56.3 Å². The fraction of sp³-hybridized carbons (Fsp3) is 0.400. The summed E-state index contributed by atoms with van der Waals surface area (Å²) in [7, 11) is 1.36. The quantitative estimate of drug-likeness (QED) is 0.728. The van der Waals surface area contributed by atoms with Crippen LogP contribution >= 0.6 is 0 Å². The Labute approximate surface area is 182 Å². The zero-order chi connectivity index (χ0) is 22.2. The van der Waals surface area contributed by atoms with Crippen LogP contribution in [0.5, 0.6) is 0 Å². The number of nitrogens with zero attached hydrogens (tertiary/aromatic N) is 1. The molecule has 162 valence electrons. The number of hydrogen-bond donors (Lipinski definition) is 1. The fourth-order valence-corrected chi connectivity index (χ4v) is 4.67. The van der Waals surface area contributed by atoms with Crippen LogP contribution in [-0.2, 0) is 14.3 Å². The van der Waals surface area contributed by atoms with Crippen LogP contribution in [-0.4, -0.2) is 47.9 Å². The van der Waals surface area contributed by atoms with Gasteiger partial charge >= 0.3 is 5.97 Å². The number of methoxy groups -OCH3 is 1. The van der Waals surface area contributed by atoms with Crippen molar-refractivity contribution in [2.75, 3.05) is 13.7 Å². The maximum absolute atomic E-state index is 13.4. The van der Waals surface area contributed by atoms with Gasteiger partial charge in [-0.25, -0.2) is 4.79 Å². The molecular weight excluding hydrogens is 392 g/mol. The summed E-state index contributed by atoms with van der Waals surface area (Å²) in [4.78, 5) is 40.3. The van der Waals surface area contributed by atoms with Crippen molar-refractivity contribution >= 4 is 17.8 Å². The molecule has 1 N–H and O–H groups in total. The Morgan fingerprint density at radius 2 is 1.68 bits per heavy atom. The van der Waals surface area contributed by atoms with E-state index in [-0.39, 0.29) is 29.6 Å². The molecule has 2 aromatic carbocycles. The Kier molecular flexibility index (Phi) is 5.56. The largest absolute Gasteiger partial charge is 0.467 e. The maximum atomic E-state index is 13.4. The van der Waals surface area contributed by atoms with Crippen molar-refractivity contribution in [3.05, 3.63) is 60.2 Å². The first kappa shape index (κ1) is 21.1. The monoisotopic (exact) mass is 420 g/mol. The molecule has 2 unspecified atom stereocenters. The number of ether oxygens (including phenoxy) is 1. The molecule has 1 aliphatic heterocycles. The summed E-state index contributed by atoms with van der Waals surface area (Å²) in [5, 5.41) is 2.90. The first-order valence-electron chi connectivity index (χ1n) is 10.7. The van der Waals surface area contributed by atoms with E-state index in [1.54, 1.807) is 17.0 Å². The molecule has 1 aliphatic carbocycles. The van der Waals surface area contributed by atoms with Crippen molar-refractivity contribution in [1.29, 1.82) is 0 Å². The van der Waals surface area contributed by atoms with E-state index in [9.17, 15) is 14.4 Å². The van der Waals surface area contributed by atoms with Crippen molar-refractivity contribution < 1.29 is 19.1 Å². The average molecular weight is 421 g/mol. The highest BCUT2D eigenvalue weighted by Crippen LogP contribution is 2.56. The summed E-state index contributed by atoms with van der Waals surface area (Å²) >= 11 is 0. The summed E-state index contributed by atoms with van der Waals surface area (Å²) < 4.78 is 4.98. The first-order valence-corrected chi connectivity index (χ1v) is 10.7. The lowest BCUT2D eigenvalue weighted by atomic mass is 10.00. The van der Waals surface area contributed by atoms with Crippen molar-refractivity contribution in [2.45, 2.75) is 38.3 Å². The number of esters is 1. The van der Waals surface area contributed by atoms with Crippen LogP contribution in [0.1, 0.15) is 37.0 Å². The van der Waals surface area contributed by atoms with Gasteiger partial charge < -0.3 is 15.0 Å². The van der Waals surface area contributed by atoms with Gasteiger partial charge in [0.2, 0.25) is 5.91 Å². The molecule has 31 heavy (non-hydrogen) atoms. The summed E-state index contributed by atoms with van der Waals surface area (Å²) in [5.41, 5.74) is 1.75. The van der Waals surface area contributed by atoms with Gasteiger partial charge in [-0.2, -0.15) is 0 Å². The zero-order valence-corrected chi connectivity index (χ0v) is 18.1.